The first-order chi connectivity index (χ1) is 21.1. The summed E-state index contributed by atoms with van der Waals surface area (Å²) in [7, 11) is 0. The lowest BCUT2D eigenvalue weighted by Gasteiger charge is -2.36. The van der Waals surface area contributed by atoms with E-state index in [2.05, 4.69) is 15.3 Å². The summed E-state index contributed by atoms with van der Waals surface area (Å²) in [4.78, 5) is 42.1. The predicted octanol–water partition coefficient (Wildman–Crippen LogP) is 0.0113. The van der Waals surface area contributed by atoms with Gasteiger partial charge in [0.2, 0.25) is 17.8 Å². The second-order valence-electron chi connectivity index (χ2n) is 11.4. The number of Topliss-reactive ketones (excluding diaryl/α,β-unsaturated/α-hetero) is 1. The summed E-state index contributed by atoms with van der Waals surface area (Å²) in [6, 6.07) is 11.7. The zero-order valence-electron chi connectivity index (χ0n) is 24.1. The van der Waals surface area contributed by atoms with Crippen molar-refractivity contribution in [3.05, 3.63) is 54.2 Å². The molecule has 3 atom stereocenters. The summed E-state index contributed by atoms with van der Waals surface area (Å²) in [6.45, 7) is 1.92. The number of phenolic OH excluding ortho intramolecular Hbond substituents is 1. The maximum Gasteiger partial charge on any atom is 0.289 e. The molecule has 0 bridgehead atoms. The Kier molecular flexibility index (Phi) is 7.54. The van der Waals surface area contributed by atoms with Crippen LogP contribution in [-0.2, 0) is 4.79 Å². The number of piperidine rings is 1. The first kappa shape index (κ1) is 29.3. The number of hydrogen-bond donors (Lipinski definition) is 7. The minimum Gasteiger partial charge on any atom is -0.506 e. The van der Waals surface area contributed by atoms with Gasteiger partial charge < -0.3 is 53.5 Å². The molecule has 0 saturated carbocycles. The number of hydrogen-bond acceptors (Lipinski definition) is 13. The van der Waals surface area contributed by atoms with Gasteiger partial charge in [-0.3, -0.25) is 9.59 Å². The Balaban J connectivity index is 1.36. The zero-order valence-corrected chi connectivity index (χ0v) is 24.1. The summed E-state index contributed by atoms with van der Waals surface area (Å²) in [6.07, 6.45) is 3.73. The predicted molar refractivity (Wildman–Crippen MR) is 167 cm³/mol. The molecule has 0 spiro atoms. The number of benzene rings is 2. The monoisotopic (exact) mass is 600 g/mol. The minimum atomic E-state index is -1.06. The van der Waals surface area contributed by atoms with Gasteiger partial charge in [-0.05, 0) is 37.5 Å². The molecule has 6 rings (SSSR count). The van der Waals surface area contributed by atoms with Crippen LogP contribution in [0.1, 0.15) is 29.6 Å². The number of aromatic hydroxyl groups is 1. The highest BCUT2D eigenvalue weighted by Gasteiger charge is 2.38. The number of nitrogens with zero attached hydrogens (tertiary/aromatic N) is 6. The molecule has 0 aliphatic carbocycles. The highest BCUT2D eigenvalue weighted by atomic mass is 16.3. The van der Waals surface area contributed by atoms with E-state index in [0.717, 1.165) is 6.42 Å². The van der Waals surface area contributed by atoms with Gasteiger partial charge in [0.25, 0.3) is 11.7 Å². The van der Waals surface area contributed by atoms with Crippen molar-refractivity contribution in [2.24, 2.45) is 28.7 Å². The number of fused-ring (bicyclic) bond motifs is 1. The molecular weight excluding hydrogens is 564 g/mol. The van der Waals surface area contributed by atoms with Crippen LogP contribution < -0.4 is 43.8 Å². The van der Waals surface area contributed by atoms with Crippen molar-refractivity contribution >= 4 is 46.1 Å². The van der Waals surface area contributed by atoms with E-state index in [1.165, 1.54) is 12.3 Å². The SMILES string of the molecule is NCC1(N)CCCN1c1nc(Nc2ccc(-n3cc(C(=O)C(N)=O)c4ccccc43)c(O)c2)nc(N2C[C@H](N)C[C@H](N)C2)n1. The molecule has 4 aromatic rings. The fourth-order valence-electron chi connectivity index (χ4n) is 6.05. The average Bonchev–Trinajstić information content (AvgIpc) is 3.57. The Morgan fingerprint density at radius 2 is 1.77 bits per heavy atom. The minimum absolute atomic E-state index is 0.0973. The van der Waals surface area contributed by atoms with E-state index in [1.54, 1.807) is 41.0 Å². The third-order valence-corrected chi connectivity index (χ3v) is 8.21. The number of phenols is 1. The van der Waals surface area contributed by atoms with Gasteiger partial charge in [-0.15, -0.1) is 0 Å². The molecule has 1 unspecified atom stereocenters. The lowest BCUT2D eigenvalue weighted by Crippen LogP contribution is -2.58. The molecule has 4 heterocycles. The van der Waals surface area contributed by atoms with E-state index in [-0.39, 0.29) is 35.9 Å². The van der Waals surface area contributed by atoms with Gasteiger partial charge in [0.1, 0.15) is 11.4 Å². The number of carbonyl (C=O) groups is 2. The van der Waals surface area contributed by atoms with Crippen molar-refractivity contribution in [1.29, 1.82) is 0 Å². The molecule has 15 heteroatoms. The van der Waals surface area contributed by atoms with Crippen LogP contribution in [0.4, 0.5) is 23.5 Å². The molecule has 1 amide bonds. The molecule has 2 aromatic heterocycles. The van der Waals surface area contributed by atoms with E-state index in [0.29, 0.717) is 66.7 Å². The molecule has 12 N–H and O–H groups in total. The number of anilines is 4. The summed E-state index contributed by atoms with van der Waals surface area (Å²) < 4.78 is 1.63. The molecular formula is C29H36N12O3. The van der Waals surface area contributed by atoms with E-state index in [4.69, 9.17) is 33.7 Å². The van der Waals surface area contributed by atoms with Gasteiger partial charge in [-0.25, -0.2) is 0 Å². The van der Waals surface area contributed by atoms with Gasteiger partial charge in [0, 0.05) is 61.6 Å². The normalized spacial score (nSPS) is 22.0. The van der Waals surface area contributed by atoms with Crippen molar-refractivity contribution in [3.63, 3.8) is 0 Å². The molecule has 230 valence electrons. The Hall–Kier alpha value is -4.83. The second kappa shape index (κ2) is 11.3. The maximum atomic E-state index is 12.5. The number of ketones is 1. The van der Waals surface area contributed by atoms with Crippen LogP contribution in [0.2, 0.25) is 0 Å². The smallest absolute Gasteiger partial charge is 0.289 e. The van der Waals surface area contributed by atoms with E-state index < -0.39 is 17.4 Å². The first-order valence-electron chi connectivity index (χ1n) is 14.4. The van der Waals surface area contributed by atoms with Crippen molar-refractivity contribution in [1.82, 2.24) is 19.5 Å². The standard InChI is InChI=1S/C29H36N12O3/c30-15-29(34)8-3-9-41(29)28-37-26(36-27(38-28)39-12-16(31)10-17(32)13-39)35-18-6-7-22(23(42)11-18)40-14-20(24(43)25(33)44)19-4-1-2-5-21(19)40/h1-2,4-7,11,14,16-17,42H,3,8-10,12-13,15,30-32,34H2,(H2,33,44)(H,35,36,37,38)/t16-,17+,29?. The van der Waals surface area contributed by atoms with Crippen LogP contribution in [0.5, 0.6) is 5.75 Å². The van der Waals surface area contributed by atoms with E-state index in [1.807, 2.05) is 9.80 Å². The van der Waals surface area contributed by atoms with Crippen molar-refractivity contribution in [2.75, 3.05) is 41.3 Å². The Morgan fingerprint density at radius 1 is 1.05 bits per heavy atom. The number of rotatable bonds is 8. The fourth-order valence-corrected chi connectivity index (χ4v) is 6.05. The van der Waals surface area contributed by atoms with Crippen molar-refractivity contribution in [3.8, 4) is 11.4 Å². The molecule has 44 heavy (non-hydrogen) atoms. The number of nitrogens with one attached hydrogen (secondary N) is 1. The second-order valence-corrected chi connectivity index (χ2v) is 11.4. The maximum absolute atomic E-state index is 12.5. The Morgan fingerprint density at radius 3 is 2.48 bits per heavy atom. The third kappa shape index (κ3) is 5.37. The van der Waals surface area contributed by atoms with Crippen LogP contribution in [0.15, 0.2) is 48.7 Å². The number of amides is 1. The number of nitrogens with two attached hydrogens (primary N) is 5. The van der Waals surface area contributed by atoms with E-state index in [9.17, 15) is 14.7 Å². The zero-order chi connectivity index (χ0) is 31.2. The Labute approximate surface area is 253 Å². The molecule has 15 nitrogen and oxygen atoms in total. The fraction of sp³-hybridized carbons (Fsp3) is 0.345. The summed E-state index contributed by atoms with van der Waals surface area (Å²) in [5, 5.41) is 14.8. The van der Waals surface area contributed by atoms with Gasteiger partial charge >= 0.3 is 0 Å². The summed E-state index contributed by atoms with van der Waals surface area (Å²) in [5.41, 5.74) is 31.3. The van der Waals surface area contributed by atoms with Gasteiger partial charge in [0.05, 0.1) is 16.8 Å². The Bertz CT molecular complexity index is 1730. The molecule has 0 radical (unpaired) electrons. The molecule has 2 aromatic carbocycles. The number of primary amides is 1. The molecule has 2 aliphatic rings. The van der Waals surface area contributed by atoms with Crippen molar-refractivity contribution in [2.45, 2.75) is 37.0 Å². The highest BCUT2D eigenvalue weighted by molar-refractivity contribution is 6.44. The lowest BCUT2D eigenvalue weighted by atomic mass is 10.0. The van der Waals surface area contributed by atoms with Crippen LogP contribution >= 0.6 is 0 Å². The molecule has 2 aliphatic heterocycles. The van der Waals surface area contributed by atoms with Crippen LogP contribution in [-0.4, -0.2) is 80.2 Å². The van der Waals surface area contributed by atoms with E-state index >= 15 is 0 Å². The average molecular weight is 601 g/mol. The lowest BCUT2D eigenvalue weighted by molar-refractivity contribution is -0.114. The van der Waals surface area contributed by atoms with Crippen LogP contribution in [0, 0.1) is 0 Å². The van der Waals surface area contributed by atoms with Gasteiger partial charge in [-0.1, -0.05) is 18.2 Å². The number of aromatic nitrogens is 4. The van der Waals surface area contributed by atoms with Crippen molar-refractivity contribution < 1.29 is 14.7 Å². The largest absolute Gasteiger partial charge is 0.506 e. The summed E-state index contributed by atoms with van der Waals surface area (Å²) in [5.74, 6) is -0.961. The quantitative estimate of drug-likeness (QED) is 0.104. The van der Waals surface area contributed by atoms with Crippen LogP contribution in [0.25, 0.3) is 16.6 Å². The topological polar surface area (TPSA) is 247 Å². The molecule has 2 fully saturated rings. The first-order valence-corrected chi connectivity index (χ1v) is 14.4. The summed E-state index contributed by atoms with van der Waals surface area (Å²) >= 11 is 0. The van der Waals surface area contributed by atoms with Gasteiger partial charge in [0.15, 0.2) is 0 Å². The van der Waals surface area contributed by atoms with Gasteiger partial charge in [-0.2, -0.15) is 15.0 Å². The third-order valence-electron chi connectivity index (χ3n) is 8.21. The number of carbonyl (C=O) groups excluding carboxylic acids is 2. The number of para-hydroxylation sites is 1. The molecule has 2 saturated heterocycles. The highest BCUT2D eigenvalue weighted by Crippen LogP contribution is 2.34. The van der Waals surface area contributed by atoms with Crippen LogP contribution in [0.3, 0.4) is 0 Å².